The molecule has 0 radical (unpaired) electrons. The summed E-state index contributed by atoms with van der Waals surface area (Å²) in [5, 5.41) is 0. The minimum Gasteiger partial charge on any atom is -0.224 e. The highest BCUT2D eigenvalue weighted by Gasteiger charge is 2.27. The Balaban J connectivity index is 2.51. The fraction of sp³-hybridized carbons (Fsp3) is 0.250. The van der Waals surface area contributed by atoms with Gasteiger partial charge in [-0.05, 0) is 36.8 Å². The number of nitrogens with zero attached hydrogens (tertiary/aromatic N) is 1. The van der Waals surface area contributed by atoms with Gasteiger partial charge in [0.25, 0.3) is 0 Å². The van der Waals surface area contributed by atoms with Crippen LogP contribution in [0.3, 0.4) is 0 Å². The molecule has 1 aromatic carbocycles. The lowest BCUT2D eigenvalue weighted by atomic mass is 10.2. The third-order valence-electron chi connectivity index (χ3n) is 3.50. The molecule has 0 aliphatic heterocycles. The van der Waals surface area contributed by atoms with Gasteiger partial charge in [-0.2, -0.15) is 4.31 Å². The molecule has 0 fully saturated rings. The number of benzene rings is 1. The largest absolute Gasteiger partial charge is 0.243 e. The quantitative estimate of drug-likeness (QED) is 0.644. The Kier molecular flexibility index (Phi) is 6.11. The summed E-state index contributed by atoms with van der Waals surface area (Å²) in [6, 6.07) is 7.57. The number of thiophene rings is 1. The topological polar surface area (TPSA) is 71.5 Å². The summed E-state index contributed by atoms with van der Waals surface area (Å²) in [7, 11) is -7.42. The van der Waals surface area contributed by atoms with E-state index in [2.05, 4.69) is 6.58 Å². The SMILES string of the molecule is C=CCN(Cc1ccc(Cl)s1)S(=O)(=O)c1cc(S(C)(=O)=O)ccc1C. The van der Waals surface area contributed by atoms with Gasteiger partial charge >= 0.3 is 0 Å². The van der Waals surface area contributed by atoms with E-state index in [1.54, 1.807) is 19.1 Å². The van der Waals surface area contributed by atoms with E-state index >= 15 is 0 Å². The first-order valence-corrected chi connectivity index (χ1v) is 11.7. The molecule has 0 atom stereocenters. The normalized spacial score (nSPS) is 12.5. The molecule has 0 spiro atoms. The molecular formula is C16H18ClNO4S3. The van der Waals surface area contributed by atoms with Gasteiger partial charge in [0.2, 0.25) is 10.0 Å². The second-order valence-electron chi connectivity index (χ2n) is 5.49. The molecule has 0 N–H and O–H groups in total. The van der Waals surface area contributed by atoms with E-state index in [9.17, 15) is 16.8 Å². The summed E-state index contributed by atoms with van der Waals surface area (Å²) in [4.78, 5) is 0.724. The first-order chi connectivity index (χ1) is 11.6. The summed E-state index contributed by atoms with van der Waals surface area (Å²) in [6.07, 6.45) is 2.53. The lowest BCUT2D eigenvalue weighted by Gasteiger charge is -2.21. The van der Waals surface area contributed by atoms with Crippen LogP contribution in [0.5, 0.6) is 0 Å². The zero-order valence-corrected chi connectivity index (χ0v) is 17.0. The number of sulfone groups is 1. The molecule has 1 aromatic heterocycles. The van der Waals surface area contributed by atoms with E-state index < -0.39 is 19.9 Å². The van der Waals surface area contributed by atoms with E-state index in [4.69, 9.17) is 11.6 Å². The first kappa shape index (κ1) is 20.1. The molecule has 0 saturated carbocycles. The average Bonchev–Trinajstić information content (AvgIpc) is 2.91. The zero-order chi connectivity index (χ0) is 18.8. The van der Waals surface area contributed by atoms with Crippen LogP contribution in [0.15, 0.2) is 52.8 Å². The maximum absolute atomic E-state index is 13.1. The van der Waals surface area contributed by atoms with Crippen molar-refractivity contribution in [3.8, 4) is 0 Å². The average molecular weight is 420 g/mol. The van der Waals surface area contributed by atoms with Crippen LogP contribution in [0, 0.1) is 6.92 Å². The molecule has 0 amide bonds. The van der Waals surface area contributed by atoms with Crippen molar-refractivity contribution < 1.29 is 16.8 Å². The fourth-order valence-corrected chi connectivity index (χ4v) is 5.78. The highest BCUT2D eigenvalue weighted by atomic mass is 35.5. The van der Waals surface area contributed by atoms with Gasteiger partial charge in [-0.3, -0.25) is 0 Å². The van der Waals surface area contributed by atoms with Crippen LogP contribution in [-0.2, 0) is 26.4 Å². The molecule has 136 valence electrons. The number of aryl methyl sites for hydroxylation is 1. The summed E-state index contributed by atoms with van der Waals surface area (Å²) in [5.41, 5.74) is 0.477. The van der Waals surface area contributed by atoms with Crippen molar-refractivity contribution in [3.63, 3.8) is 0 Å². The van der Waals surface area contributed by atoms with Gasteiger partial charge in [-0.1, -0.05) is 23.7 Å². The minimum absolute atomic E-state index is 0.0278. The van der Waals surface area contributed by atoms with Crippen LogP contribution in [0.4, 0.5) is 0 Å². The van der Waals surface area contributed by atoms with Gasteiger partial charge < -0.3 is 0 Å². The molecule has 5 nitrogen and oxygen atoms in total. The monoisotopic (exact) mass is 419 g/mol. The molecule has 0 bridgehead atoms. The summed E-state index contributed by atoms with van der Waals surface area (Å²) in [5.74, 6) is 0. The Bertz CT molecular complexity index is 994. The van der Waals surface area contributed by atoms with Crippen molar-refractivity contribution in [2.75, 3.05) is 12.8 Å². The number of hydrogen-bond donors (Lipinski definition) is 0. The Morgan fingerprint density at radius 3 is 2.40 bits per heavy atom. The Hall–Kier alpha value is -1.19. The molecule has 0 unspecified atom stereocenters. The van der Waals surface area contributed by atoms with Crippen LogP contribution < -0.4 is 0 Å². The Labute approximate surface area is 157 Å². The predicted molar refractivity (Wildman–Crippen MR) is 101 cm³/mol. The van der Waals surface area contributed by atoms with Gasteiger partial charge in [0.05, 0.1) is 14.1 Å². The fourth-order valence-electron chi connectivity index (χ4n) is 2.23. The van der Waals surface area contributed by atoms with Crippen molar-refractivity contribution in [1.29, 1.82) is 0 Å². The summed E-state index contributed by atoms with van der Waals surface area (Å²) in [6.45, 7) is 5.47. The Morgan fingerprint density at radius 1 is 1.20 bits per heavy atom. The molecule has 9 heteroatoms. The van der Waals surface area contributed by atoms with Crippen molar-refractivity contribution in [3.05, 3.63) is 57.8 Å². The van der Waals surface area contributed by atoms with E-state index in [0.29, 0.717) is 9.90 Å². The second kappa shape index (κ2) is 7.59. The third-order valence-corrected chi connectivity index (χ3v) is 7.78. The standard InChI is InChI=1S/C16H18ClNO4S3/c1-4-9-18(11-13-6-8-16(17)23-13)25(21,22)15-10-14(24(3,19)20)7-5-12(15)2/h4-8,10H,1,9,11H2,2-3H3. The number of rotatable bonds is 7. The van der Waals surface area contributed by atoms with Gasteiger partial charge in [0, 0.05) is 24.2 Å². The van der Waals surface area contributed by atoms with Gasteiger partial charge in [-0.25, -0.2) is 16.8 Å². The zero-order valence-electron chi connectivity index (χ0n) is 13.8. The van der Waals surface area contributed by atoms with E-state index in [1.807, 2.05) is 0 Å². The van der Waals surface area contributed by atoms with Crippen LogP contribution in [-0.4, -0.2) is 33.9 Å². The summed E-state index contributed by atoms with van der Waals surface area (Å²) < 4.78 is 51.5. The number of hydrogen-bond acceptors (Lipinski definition) is 5. The van der Waals surface area contributed by atoms with Crippen molar-refractivity contribution in [1.82, 2.24) is 4.31 Å². The van der Waals surface area contributed by atoms with Gasteiger partial charge in [0.1, 0.15) is 0 Å². The molecule has 0 aliphatic carbocycles. The minimum atomic E-state index is -3.90. The van der Waals surface area contributed by atoms with Crippen LogP contribution in [0.2, 0.25) is 4.34 Å². The molecular weight excluding hydrogens is 402 g/mol. The van der Waals surface area contributed by atoms with Crippen molar-refractivity contribution in [2.45, 2.75) is 23.3 Å². The predicted octanol–water partition coefficient (Wildman–Crippen LogP) is 3.49. The maximum atomic E-state index is 13.1. The van der Waals surface area contributed by atoms with Gasteiger partial charge in [-0.15, -0.1) is 17.9 Å². The molecule has 2 rings (SSSR count). The maximum Gasteiger partial charge on any atom is 0.243 e. The third kappa shape index (κ3) is 4.71. The number of sulfonamides is 1. The van der Waals surface area contributed by atoms with Crippen LogP contribution in [0.25, 0.3) is 0 Å². The molecule has 25 heavy (non-hydrogen) atoms. The second-order valence-corrected chi connectivity index (χ2v) is 11.2. The van der Waals surface area contributed by atoms with Crippen molar-refractivity contribution >= 4 is 42.8 Å². The molecule has 0 saturated heterocycles. The molecule has 2 aromatic rings. The summed E-state index contributed by atoms with van der Waals surface area (Å²) >= 11 is 7.21. The highest BCUT2D eigenvalue weighted by molar-refractivity contribution is 7.91. The van der Waals surface area contributed by atoms with E-state index in [1.165, 1.54) is 39.9 Å². The van der Waals surface area contributed by atoms with Crippen molar-refractivity contribution in [2.24, 2.45) is 0 Å². The Morgan fingerprint density at radius 2 is 1.88 bits per heavy atom. The van der Waals surface area contributed by atoms with E-state index in [-0.39, 0.29) is 22.9 Å². The van der Waals surface area contributed by atoms with Crippen LogP contribution >= 0.6 is 22.9 Å². The lowest BCUT2D eigenvalue weighted by Crippen LogP contribution is -2.31. The smallest absolute Gasteiger partial charge is 0.224 e. The van der Waals surface area contributed by atoms with Crippen LogP contribution in [0.1, 0.15) is 10.4 Å². The van der Waals surface area contributed by atoms with E-state index in [0.717, 1.165) is 11.1 Å². The molecule has 1 heterocycles. The van der Waals surface area contributed by atoms with Gasteiger partial charge in [0.15, 0.2) is 9.84 Å². The highest BCUT2D eigenvalue weighted by Crippen LogP contribution is 2.28. The number of halogens is 1. The lowest BCUT2D eigenvalue weighted by molar-refractivity contribution is 0.441. The first-order valence-electron chi connectivity index (χ1n) is 7.21. The molecule has 0 aliphatic rings.